The molecule has 0 heterocycles. The molecule has 0 fully saturated rings. The maximum absolute atomic E-state index is 14.7. The Hall–Kier alpha value is -2.37. The first-order chi connectivity index (χ1) is 11.9. The van der Waals surface area contributed by atoms with Gasteiger partial charge in [-0.25, -0.2) is 12.8 Å². The fourth-order valence-electron chi connectivity index (χ4n) is 2.51. The van der Waals surface area contributed by atoms with Gasteiger partial charge in [0.25, 0.3) is 0 Å². The Morgan fingerprint density at radius 2 is 1.60 bits per heavy atom. The highest BCUT2D eigenvalue weighted by Gasteiger charge is 2.20. The zero-order valence-electron chi connectivity index (χ0n) is 13.2. The Bertz CT molecular complexity index is 1020. The lowest BCUT2D eigenvalue weighted by Gasteiger charge is -2.11. The maximum atomic E-state index is 14.7. The van der Waals surface area contributed by atoms with Crippen molar-refractivity contribution in [1.82, 2.24) is 0 Å². The van der Waals surface area contributed by atoms with E-state index in [-0.39, 0.29) is 15.4 Å². The molecule has 0 aliphatic carbocycles. The van der Waals surface area contributed by atoms with E-state index in [1.165, 1.54) is 31.4 Å². The van der Waals surface area contributed by atoms with E-state index in [1.54, 1.807) is 36.4 Å². The van der Waals surface area contributed by atoms with Crippen molar-refractivity contribution in [2.45, 2.75) is 9.79 Å². The van der Waals surface area contributed by atoms with E-state index in [0.717, 1.165) is 6.07 Å². The topological polar surface area (TPSA) is 43.4 Å². The standard InChI is InChI=1S/C19H14ClFO3S/c1-24-19-10-7-13(20)11-17(19)16-9-8-15(12-18(16)21)25(22,23)14-5-3-2-4-6-14/h2-12H,1H3. The first kappa shape index (κ1) is 17.5. The largest absolute Gasteiger partial charge is 0.496 e. The molecule has 0 atom stereocenters. The number of rotatable bonds is 4. The van der Waals surface area contributed by atoms with E-state index in [0.29, 0.717) is 16.3 Å². The lowest BCUT2D eigenvalue weighted by molar-refractivity contribution is 0.416. The van der Waals surface area contributed by atoms with E-state index >= 15 is 0 Å². The van der Waals surface area contributed by atoms with E-state index < -0.39 is 15.7 Å². The molecule has 0 radical (unpaired) electrons. The van der Waals surface area contributed by atoms with Crippen LogP contribution in [-0.2, 0) is 9.84 Å². The summed E-state index contributed by atoms with van der Waals surface area (Å²) in [6, 6.07) is 16.5. The van der Waals surface area contributed by atoms with Crippen molar-refractivity contribution in [2.24, 2.45) is 0 Å². The highest BCUT2D eigenvalue weighted by Crippen LogP contribution is 2.35. The fraction of sp³-hybridized carbons (Fsp3) is 0.0526. The molecule has 0 aliphatic heterocycles. The summed E-state index contributed by atoms with van der Waals surface area (Å²) in [7, 11) is -2.31. The molecule has 0 bridgehead atoms. The molecule has 0 saturated carbocycles. The van der Waals surface area contributed by atoms with Gasteiger partial charge in [0.2, 0.25) is 9.84 Å². The molecular formula is C19H14ClFO3S. The molecule has 0 N–H and O–H groups in total. The van der Waals surface area contributed by atoms with E-state index in [2.05, 4.69) is 0 Å². The molecule has 6 heteroatoms. The summed E-state index contributed by atoms with van der Waals surface area (Å²) in [5.41, 5.74) is 0.669. The number of methoxy groups -OCH3 is 1. The normalized spacial score (nSPS) is 11.3. The number of halogens is 2. The van der Waals surface area contributed by atoms with Gasteiger partial charge < -0.3 is 4.74 Å². The van der Waals surface area contributed by atoms with Gasteiger partial charge in [-0.15, -0.1) is 0 Å². The Labute approximate surface area is 150 Å². The average molecular weight is 377 g/mol. The van der Waals surface area contributed by atoms with Crippen LogP contribution >= 0.6 is 11.6 Å². The van der Waals surface area contributed by atoms with E-state index in [4.69, 9.17) is 16.3 Å². The Balaban J connectivity index is 2.10. The first-order valence-corrected chi connectivity index (χ1v) is 9.23. The molecule has 3 rings (SSSR count). The zero-order valence-corrected chi connectivity index (χ0v) is 14.8. The molecule has 3 aromatic carbocycles. The second kappa shape index (κ2) is 6.86. The van der Waals surface area contributed by atoms with Gasteiger partial charge in [-0.1, -0.05) is 29.8 Å². The molecule has 25 heavy (non-hydrogen) atoms. The average Bonchev–Trinajstić information content (AvgIpc) is 2.62. The Kier molecular flexibility index (Phi) is 4.79. The van der Waals surface area contributed by atoms with Crippen molar-refractivity contribution < 1.29 is 17.5 Å². The van der Waals surface area contributed by atoms with E-state index in [9.17, 15) is 12.8 Å². The summed E-state index contributed by atoms with van der Waals surface area (Å²) in [4.78, 5) is 0.00318. The SMILES string of the molecule is COc1ccc(Cl)cc1-c1ccc(S(=O)(=O)c2ccccc2)cc1F. The third kappa shape index (κ3) is 3.38. The van der Waals surface area contributed by atoms with Gasteiger partial charge >= 0.3 is 0 Å². The molecular weight excluding hydrogens is 363 g/mol. The maximum Gasteiger partial charge on any atom is 0.206 e. The minimum absolute atomic E-state index is 0.110. The van der Waals surface area contributed by atoms with Crippen LogP contribution in [0, 0.1) is 5.82 Å². The quantitative estimate of drug-likeness (QED) is 0.644. The third-order valence-corrected chi connectivity index (χ3v) is 5.76. The molecule has 0 unspecified atom stereocenters. The highest BCUT2D eigenvalue weighted by atomic mass is 35.5. The summed E-state index contributed by atoms with van der Waals surface area (Å²) >= 11 is 5.99. The number of ether oxygens (including phenoxy) is 1. The lowest BCUT2D eigenvalue weighted by Crippen LogP contribution is -2.03. The summed E-state index contributed by atoms with van der Waals surface area (Å²) in [6.45, 7) is 0. The molecule has 0 spiro atoms. The molecule has 0 aliphatic rings. The van der Waals surface area contributed by atoms with Crippen LogP contribution in [0.1, 0.15) is 0 Å². The molecule has 0 aromatic heterocycles. The van der Waals surface area contributed by atoms with E-state index in [1.807, 2.05) is 0 Å². The summed E-state index contributed by atoms with van der Waals surface area (Å²) in [6.07, 6.45) is 0. The number of hydrogen-bond donors (Lipinski definition) is 0. The molecule has 3 nitrogen and oxygen atoms in total. The number of hydrogen-bond acceptors (Lipinski definition) is 3. The first-order valence-electron chi connectivity index (χ1n) is 7.37. The van der Waals surface area contributed by atoms with Crippen molar-refractivity contribution in [2.75, 3.05) is 7.11 Å². The highest BCUT2D eigenvalue weighted by molar-refractivity contribution is 7.91. The smallest absolute Gasteiger partial charge is 0.206 e. The number of benzene rings is 3. The molecule has 3 aromatic rings. The van der Waals surface area contributed by atoms with Crippen molar-refractivity contribution in [1.29, 1.82) is 0 Å². The lowest BCUT2D eigenvalue weighted by atomic mass is 10.0. The van der Waals surface area contributed by atoms with Crippen LogP contribution in [0.2, 0.25) is 5.02 Å². The van der Waals surface area contributed by atoms with Crippen LogP contribution in [0.15, 0.2) is 76.5 Å². The minimum Gasteiger partial charge on any atom is -0.496 e. The van der Waals surface area contributed by atoms with Crippen LogP contribution in [0.5, 0.6) is 5.75 Å². The second-order valence-corrected chi connectivity index (χ2v) is 7.69. The third-order valence-electron chi connectivity index (χ3n) is 3.76. The minimum atomic E-state index is -3.78. The van der Waals surface area contributed by atoms with Crippen LogP contribution in [-0.4, -0.2) is 15.5 Å². The van der Waals surface area contributed by atoms with Gasteiger partial charge in [-0.3, -0.25) is 0 Å². The van der Waals surface area contributed by atoms with Crippen LogP contribution in [0.3, 0.4) is 0 Å². The van der Waals surface area contributed by atoms with Crippen molar-refractivity contribution in [3.8, 4) is 16.9 Å². The zero-order chi connectivity index (χ0) is 18.0. The van der Waals surface area contributed by atoms with Crippen LogP contribution in [0.4, 0.5) is 4.39 Å². The monoisotopic (exact) mass is 376 g/mol. The van der Waals surface area contributed by atoms with Crippen LogP contribution < -0.4 is 4.74 Å². The van der Waals surface area contributed by atoms with Gasteiger partial charge in [0, 0.05) is 16.1 Å². The van der Waals surface area contributed by atoms with Crippen molar-refractivity contribution in [3.63, 3.8) is 0 Å². The molecule has 0 saturated heterocycles. The van der Waals surface area contributed by atoms with Crippen molar-refractivity contribution >= 4 is 21.4 Å². The molecule has 128 valence electrons. The Morgan fingerprint density at radius 1 is 0.880 bits per heavy atom. The summed E-state index contributed by atoms with van der Waals surface area (Å²) in [5.74, 6) is -0.223. The predicted molar refractivity (Wildman–Crippen MR) is 95.3 cm³/mol. The number of sulfone groups is 1. The van der Waals surface area contributed by atoms with Gasteiger partial charge in [0.15, 0.2) is 0 Å². The fourth-order valence-corrected chi connectivity index (χ4v) is 3.97. The van der Waals surface area contributed by atoms with Crippen molar-refractivity contribution in [3.05, 3.63) is 77.6 Å². The summed E-state index contributed by atoms with van der Waals surface area (Å²) in [5, 5.41) is 0.427. The Morgan fingerprint density at radius 3 is 2.24 bits per heavy atom. The van der Waals surface area contributed by atoms with Gasteiger partial charge in [0.05, 0.1) is 16.9 Å². The molecule has 0 amide bonds. The van der Waals surface area contributed by atoms with Gasteiger partial charge in [-0.05, 0) is 48.5 Å². The van der Waals surface area contributed by atoms with Crippen LogP contribution in [0.25, 0.3) is 11.1 Å². The second-order valence-electron chi connectivity index (χ2n) is 5.30. The van der Waals surface area contributed by atoms with Gasteiger partial charge in [-0.2, -0.15) is 0 Å². The van der Waals surface area contributed by atoms with Gasteiger partial charge in [0.1, 0.15) is 11.6 Å². The summed E-state index contributed by atoms with van der Waals surface area (Å²) < 4.78 is 45.1. The predicted octanol–water partition coefficient (Wildman–Crippen LogP) is 4.99.